The Bertz CT molecular complexity index is 730. The molecule has 0 aliphatic heterocycles. The molecule has 4 aliphatic carbocycles. The lowest BCUT2D eigenvalue weighted by Gasteiger charge is -2.62. The molecule has 3 fully saturated rings. The molecule has 3 unspecified atom stereocenters. The second-order valence-electron chi connectivity index (χ2n) is 12.7. The van der Waals surface area contributed by atoms with Gasteiger partial charge >= 0.3 is 0 Å². The maximum absolute atomic E-state index is 10.4. The van der Waals surface area contributed by atoms with Crippen molar-refractivity contribution in [3.63, 3.8) is 0 Å². The molecular weight excluding hydrogens is 396 g/mol. The lowest BCUT2D eigenvalue weighted by molar-refractivity contribution is -0.361. The SMILES string of the molecule is C=C(C)[C@@H](CC)CC[C@@H](C)[C@H]1CCC2C3C=C[C@@]4(OO)C[C@@H](O)CC[C@]4(C)C3CC[C@@]21C. The third-order valence-corrected chi connectivity index (χ3v) is 11.3. The third kappa shape index (κ3) is 3.66. The van der Waals surface area contributed by atoms with E-state index in [1.54, 1.807) is 0 Å². The maximum atomic E-state index is 10.4. The number of hydrogen-bond donors (Lipinski definition) is 2. The van der Waals surface area contributed by atoms with E-state index in [0.29, 0.717) is 29.6 Å². The van der Waals surface area contributed by atoms with Crippen LogP contribution >= 0.6 is 0 Å². The zero-order valence-electron chi connectivity index (χ0n) is 21.3. The van der Waals surface area contributed by atoms with Crippen molar-refractivity contribution in [1.82, 2.24) is 0 Å². The molecule has 4 aliphatic rings. The summed E-state index contributed by atoms with van der Waals surface area (Å²) in [4.78, 5) is 5.23. The van der Waals surface area contributed by atoms with Crippen LogP contribution in [-0.4, -0.2) is 22.1 Å². The van der Waals surface area contributed by atoms with Crippen molar-refractivity contribution in [1.29, 1.82) is 0 Å². The summed E-state index contributed by atoms with van der Waals surface area (Å²) in [5, 5.41) is 20.4. The molecule has 0 spiro atoms. The van der Waals surface area contributed by atoms with Crippen LogP contribution in [0, 0.1) is 46.3 Å². The van der Waals surface area contributed by atoms with E-state index in [4.69, 9.17) is 4.89 Å². The monoisotopic (exact) mass is 444 g/mol. The van der Waals surface area contributed by atoms with Crippen LogP contribution in [0.5, 0.6) is 0 Å². The number of rotatable bonds is 7. The van der Waals surface area contributed by atoms with Crippen LogP contribution in [0.3, 0.4) is 0 Å². The third-order valence-electron chi connectivity index (χ3n) is 11.3. The number of fused-ring (bicyclic) bond motifs is 5. The van der Waals surface area contributed by atoms with Crippen molar-refractivity contribution in [2.24, 2.45) is 46.3 Å². The Morgan fingerprint density at radius 2 is 1.88 bits per heavy atom. The first-order valence-corrected chi connectivity index (χ1v) is 13.5. The number of aliphatic hydroxyl groups excluding tert-OH is 1. The molecule has 0 aromatic carbocycles. The Morgan fingerprint density at radius 3 is 2.53 bits per heavy atom. The molecule has 0 aromatic rings. The molecule has 0 heterocycles. The van der Waals surface area contributed by atoms with Crippen LogP contribution in [0.25, 0.3) is 0 Å². The highest BCUT2D eigenvalue weighted by molar-refractivity contribution is 5.25. The Labute approximate surface area is 196 Å². The Morgan fingerprint density at radius 1 is 1.12 bits per heavy atom. The van der Waals surface area contributed by atoms with Gasteiger partial charge in [-0.2, -0.15) is 0 Å². The molecule has 182 valence electrons. The van der Waals surface area contributed by atoms with Gasteiger partial charge < -0.3 is 5.11 Å². The number of aliphatic hydroxyl groups is 1. The molecule has 10 atom stereocenters. The lowest BCUT2D eigenvalue weighted by atomic mass is 9.45. The zero-order chi connectivity index (χ0) is 23.3. The summed E-state index contributed by atoms with van der Waals surface area (Å²) in [5.74, 6) is 4.09. The van der Waals surface area contributed by atoms with Gasteiger partial charge in [0.1, 0.15) is 5.60 Å². The Kier molecular flexibility index (Phi) is 6.78. The minimum atomic E-state index is -0.720. The molecule has 0 saturated heterocycles. The van der Waals surface area contributed by atoms with Gasteiger partial charge in [0.2, 0.25) is 0 Å². The van der Waals surface area contributed by atoms with Crippen molar-refractivity contribution in [3.8, 4) is 0 Å². The molecule has 0 bridgehead atoms. The molecule has 0 aromatic heterocycles. The van der Waals surface area contributed by atoms with Crippen molar-refractivity contribution >= 4 is 0 Å². The average Bonchev–Trinajstić information content (AvgIpc) is 3.11. The minimum absolute atomic E-state index is 0.0960. The van der Waals surface area contributed by atoms with E-state index in [2.05, 4.69) is 53.3 Å². The highest BCUT2D eigenvalue weighted by Gasteiger charge is 2.64. The van der Waals surface area contributed by atoms with Crippen molar-refractivity contribution in [3.05, 3.63) is 24.3 Å². The van der Waals surface area contributed by atoms with Gasteiger partial charge in [0.25, 0.3) is 0 Å². The first kappa shape index (κ1) is 24.5. The van der Waals surface area contributed by atoms with E-state index < -0.39 is 5.60 Å². The van der Waals surface area contributed by atoms with Gasteiger partial charge in [-0.3, -0.25) is 5.26 Å². The summed E-state index contributed by atoms with van der Waals surface area (Å²) in [6.45, 7) is 16.2. The van der Waals surface area contributed by atoms with Crippen LogP contribution in [0.2, 0.25) is 0 Å². The summed E-state index contributed by atoms with van der Waals surface area (Å²) in [6, 6.07) is 0. The van der Waals surface area contributed by atoms with Crippen LogP contribution in [0.15, 0.2) is 24.3 Å². The van der Waals surface area contributed by atoms with Crippen molar-refractivity contribution < 1.29 is 15.3 Å². The van der Waals surface area contributed by atoms with Gasteiger partial charge in [-0.05, 0) is 106 Å². The summed E-state index contributed by atoms with van der Waals surface area (Å²) in [5.41, 5.74) is 0.952. The van der Waals surface area contributed by atoms with Gasteiger partial charge in [0.15, 0.2) is 0 Å². The molecular formula is C29H48O3. The molecule has 3 saturated carbocycles. The fourth-order valence-electron chi connectivity index (χ4n) is 9.21. The van der Waals surface area contributed by atoms with Gasteiger partial charge in [0, 0.05) is 11.8 Å². The van der Waals surface area contributed by atoms with Gasteiger partial charge in [-0.25, -0.2) is 4.89 Å². The molecule has 4 rings (SSSR count). The largest absolute Gasteiger partial charge is 0.393 e. The first-order valence-electron chi connectivity index (χ1n) is 13.5. The smallest absolute Gasteiger partial charge is 0.129 e. The second-order valence-corrected chi connectivity index (χ2v) is 12.7. The Hall–Kier alpha value is -0.640. The summed E-state index contributed by atoms with van der Waals surface area (Å²) >= 11 is 0. The second kappa shape index (κ2) is 8.86. The molecule has 2 N–H and O–H groups in total. The van der Waals surface area contributed by atoms with E-state index in [1.807, 2.05) is 0 Å². The predicted octanol–water partition coefficient (Wildman–Crippen LogP) is 7.41. The highest BCUT2D eigenvalue weighted by atomic mass is 17.1. The van der Waals surface area contributed by atoms with Crippen LogP contribution in [-0.2, 0) is 4.89 Å². The normalized spacial score (nSPS) is 47.3. The molecule has 32 heavy (non-hydrogen) atoms. The molecule has 3 heteroatoms. The number of allylic oxidation sites excluding steroid dienone is 2. The standard InChI is InChI=1S/C29H48O3/c1-7-21(19(2)3)9-8-20(4)24-10-11-25-23-13-17-29(32-31)18-22(30)12-16-28(29,6)26(23)14-15-27(24,25)5/h13,17,20-26,30-31H,2,7-12,14-16,18H2,1,3-6H3/t20-,21+,22+,23?,24-,25?,26?,27-,28-,29-/m1/s1. The van der Waals surface area contributed by atoms with E-state index in [9.17, 15) is 10.4 Å². The topological polar surface area (TPSA) is 49.7 Å². The molecule has 0 radical (unpaired) electrons. The van der Waals surface area contributed by atoms with E-state index in [-0.39, 0.29) is 11.5 Å². The average molecular weight is 445 g/mol. The lowest BCUT2D eigenvalue weighted by Crippen LogP contribution is -2.61. The Balaban J connectivity index is 1.54. The molecule has 0 amide bonds. The van der Waals surface area contributed by atoms with Crippen LogP contribution in [0.4, 0.5) is 0 Å². The fraction of sp³-hybridized carbons (Fsp3) is 0.862. The highest BCUT2D eigenvalue weighted by Crippen LogP contribution is 2.68. The van der Waals surface area contributed by atoms with Crippen LogP contribution in [0.1, 0.15) is 98.8 Å². The van der Waals surface area contributed by atoms with Gasteiger partial charge in [-0.15, -0.1) is 0 Å². The van der Waals surface area contributed by atoms with Gasteiger partial charge in [0.05, 0.1) is 6.10 Å². The van der Waals surface area contributed by atoms with Crippen LogP contribution < -0.4 is 0 Å². The van der Waals surface area contributed by atoms with Crippen molar-refractivity contribution in [2.75, 3.05) is 0 Å². The number of hydrogen-bond acceptors (Lipinski definition) is 3. The minimum Gasteiger partial charge on any atom is -0.393 e. The quantitative estimate of drug-likeness (QED) is 0.244. The summed E-state index contributed by atoms with van der Waals surface area (Å²) < 4.78 is 0. The maximum Gasteiger partial charge on any atom is 0.129 e. The fourth-order valence-corrected chi connectivity index (χ4v) is 9.21. The summed E-state index contributed by atoms with van der Waals surface area (Å²) in [6.07, 6.45) is 15.4. The molecule has 3 nitrogen and oxygen atoms in total. The predicted molar refractivity (Wildman–Crippen MR) is 131 cm³/mol. The van der Waals surface area contributed by atoms with Crippen molar-refractivity contribution in [2.45, 2.75) is 111 Å². The zero-order valence-corrected chi connectivity index (χ0v) is 21.3. The van der Waals surface area contributed by atoms with Gasteiger partial charge in [-0.1, -0.05) is 52.0 Å². The van der Waals surface area contributed by atoms with E-state index in [1.165, 1.54) is 50.5 Å². The van der Waals surface area contributed by atoms with E-state index >= 15 is 0 Å². The van der Waals surface area contributed by atoms with E-state index in [0.717, 1.165) is 30.6 Å². The first-order chi connectivity index (χ1) is 15.1. The summed E-state index contributed by atoms with van der Waals surface area (Å²) in [7, 11) is 0.